The van der Waals surface area contributed by atoms with E-state index in [0.29, 0.717) is 17.7 Å². The van der Waals surface area contributed by atoms with Gasteiger partial charge in [0.1, 0.15) is 5.83 Å². The topological polar surface area (TPSA) is 71.0 Å². The van der Waals surface area contributed by atoms with Crippen LogP contribution < -0.4 is 16.0 Å². The highest BCUT2D eigenvalue weighted by atomic mass is 19.1. The molecule has 2 rings (SSSR count). The molecule has 3 N–H and O–H groups in total. The second-order valence-electron chi connectivity index (χ2n) is 11.9. The van der Waals surface area contributed by atoms with Gasteiger partial charge in [-0.25, -0.2) is 4.39 Å². The lowest BCUT2D eigenvalue weighted by Gasteiger charge is -2.37. The van der Waals surface area contributed by atoms with Crippen LogP contribution in [-0.4, -0.2) is 27.8 Å². The number of anilines is 1. The number of allylic oxidation sites excluding steroid dienone is 4. The summed E-state index contributed by atoms with van der Waals surface area (Å²) in [5.74, 6) is 1.95. The average Bonchev–Trinajstić information content (AvgIpc) is 3.12. The molecule has 1 unspecified atom stereocenters. The number of nitrogens with one attached hydrogen (secondary N) is 3. The Hall–Kier alpha value is -3.53. The van der Waals surface area contributed by atoms with E-state index in [9.17, 15) is 4.79 Å². The van der Waals surface area contributed by atoms with Crippen molar-refractivity contribution in [2.75, 3.05) is 5.32 Å². The summed E-state index contributed by atoms with van der Waals surface area (Å²) in [5.41, 5.74) is 2.52. The van der Waals surface area contributed by atoms with Gasteiger partial charge in [0.05, 0.1) is 23.5 Å². The van der Waals surface area contributed by atoms with E-state index in [1.54, 1.807) is 17.8 Å². The second kappa shape index (κ2) is 11.7. The van der Waals surface area contributed by atoms with Gasteiger partial charge < -0.3 is 16.0 Å². The Kier molecular flexibility index (Phi) is 9.38. The predicted molar refractivity (Wildman–Crippen MR) is 152 cm³/mol. The first kappa shape index (κ1) is 29.7. The van der Waals surface area contributed by atoms with Crippen LogP contribution in [0.15, 0.2) is 59.8 Å². The number of fused-ring (bicyclic) bond motifs is 1. The number of carbonyl (C=O) groups is 1. The van der Waals surface area contributed by atoms with Crippen LogP contribution in [0.4, 0.5) is 10.1 Å². The quantitative estimate of drug-likeness (QED) is 0.279. The van der Waals surface area contributed by atoms with Gasteiger partial charge in [-0.15, -0.1) is 6.42 Å². The van der Waals surface area contributed by atoms with Gasteiger partial charge >= 0.3 is 0 Å². The average molecular weight is 508 g/mol. The number of amides is 1. The Morgan fingerprint density at radius 3 is 2.46 bits per heavy atom. The molecule has 0 spiro atoms. The highest BCUT2D eigenvalue weighted by Gasteiger charge is 2.32. The smallest absolute Gasteiger partial charge is 0.220 e. The summed E-state index contributed by atoms with van der Waals surface area (Å²) >= 11 is 0. The zero-order valence-corrected chi connectivity index (χ0v) is 23.7. The molecule has 0 bridgehead atoms. The fraction of sp³-hybridized carbons (Fsp3) is 0.467. The van der Waals surface area contributed by atoms with Crippen molar-refractivity contribution in [3.63, 3.8) is 0 Å². The van der Waals surface area contributed by atoms with Crippen molar-refractivity contribution in [2.24, 2.45) is 17.9 Å². The zero-order valence-electron chi connectivity index (χ0n) is 23.7. The molecule has 6 nitrogen and oxygen atoms in total. The summed E-state index contributed by atoms with van der Waals surface area (Å²) in [6.45, 7) is 19.8. The SMILES string of the molecule is C#CC(/C=C(/F)C(=C)NC([C@H](C)NC(=O)CC(C)(C)C)C(C)(C)C)=C(/C)Nc1ccc2c(cnn2C)c1. The van der Waals surface area contributed by atoms with Crippen molar-refractivity contribution in [1.29, 1.82) is 0 Å². The number of halogens is 1. The van der Waals surface area contributed by atoms with Crippen molar-refractivity contribution >= 4 is 22.5 Å². The van der Waals surface area contributed by atoms with Crippen LogP contribution in [-0.2, 0) is 11.8 Å². The first-order chi connectivity index (χ1) is 17.0. The van der Waals surface area contributed by atoms with Crippen molar-refractivity contribution in [3.05, 3.63) is 59.8 Å². The number of hydrogen-bond acceptors (Lipinski definition) is 4. The van der Waals surface area contributed by atoms with Gasteiger partial charge in [-0.1, -0.05) is 54.0 Å². The number of nitrogens with zero attached hydrogens (tertiary/aromatic N) is 2. The maximum absolute atomic E-state index is 15.3. The van der Waals surface area contributed by atoms with Gasteiger partial charge in [0.25, 0.3) is 0 Å². The predicted octanol–water partition coefficient (Wildman–Crippen LogP) is 6.20. The molecule has 1 aromatic heterocycles. The monoisotopic (exact) mass is 507 g/mol. The molecule has 0 radical (unpaired) electrons. The summed E-state index contributed by atoms with van der Waals surface area (Å²) in [5, 5.41) is 14.7. The van der Waals surface area contributed by atoms with E-state index in [1.807, 2.05) is 73.7 Å². The van der Waals surface area contributed by atoms with E-state index in [2.05, 4.69) is 33.5 Å². The largest absolute Gasteiger partial charge is 0.378 e. The third kappa shape index (κ3) is 8.52. The molecule has 2 aromatic rings. The Bertz CT molecular complexity index is 1250. The first-order valence-corrected chi connectivity index (χ1v) is 12.5. The molecule has 1 amide bonds. The van der Waals surface area contributed by atoms with Crippen LogP contribution in [0.3, 0.4) is 0 Å². The van der Waals surface area contributed by atoms with Gasteiger partial charge in [-0.2, -0.15) is 5.10 Å². The lowest BCUT2D eigenvalue weighted by atomic mass is 9.82. The summed E-state index contributed by atoms with van der Waals surface area (Å²) in [6.07, 6.45) is 9.21. The number of rotatable bonds is 9. The molecule has 1 aromatic carbocycles. The molecule has 2 atom stereocenters. The molecular weight excluding hydrogens is 465 g/mol. The standard InChI is InChI=1S/C30H42FN5O/c1-12-22(19(2)33-24-13-14-26-23(15-24)18-32-36(26)11)16-25(31)20(3)35-28(30(8,9)10)21(4)34-27(37)17-29(5,6)7/h1,13-16,18,21,28,33,35H,3,17H2,2,4-11H3,(H,34,37)/b22-19+,25-16+/t21-,28?/m0/s1. The minimum Gasteiger partial charge on any atom is -0.378 e. The van der Waals surface area contributed by atoms with Crippen LogP contribution >= 0.6 is 0 Å². The Morgan fingerprint density at radius 2 is 1.89 bits per heavy atom. The number of benzene rings is 1. The number of aromatic nitrogens is 2. The third-order valence-electron chi connectivity index (χ3n) is 6.04. The van der Waals surface area contributed by atoms with E-state index in [1.165, 1.54) is 6.08 Å². The molecule has 0 saturated heterocycles. The molecule has 7 heteroatoms. The molecule has 1 heterocycles. The number of hydrogen-bond donors (Lipinski definition) is 3. The van der Waals surface area contributed by atoms with Gasteiger partial charge in [0.15, 0.2) is 0 Å². The van der Waals surface area contributed by atoms with Gasteiger partial charge in [-0.3, -0.25) is 9.48 Å². The van der Waals surface area contributed by atoms with Gasteiger partial charge in [-0.05, 0) is 49.0 Å². The molecule has 0 aliphatic heterocycles. The summed E-state index contributed by atoms with van der Waals surface area (Å²) in [6, 6.07) is 5.32. The highest BCUT2D eigenvalue weighted by molar-refractivity contribution is 5.82. The van der Waals surface area contributed by atoms with E-state index in [0.717, 1.165) is 16.6 Å². The molecule has 37 heavy (non-hydrogen) atoms. The Morgan fingerprint density at radius 1 is 1.24 bits per heavy atom. The van der Waals surface area contributed by atoms with Crippen LogP contribution in [0.25, 0.3) is 10.9 Å². The van der Waals surface area contributed by atoms with E-state index >= 15 is 4.39 Å². The van der Waals surface area contributed by atoms with Crippen molar-refractivity contribution in [3.8, 4) is 12.3 Å². The van der Waals surface area contributed by atoms with Gasteiger partial charge in [0.2, 0.25) is 5.91 Å². The van der Waals surface area contributed by atoms with Crippen LogP contribution in [0, 0.1) is 23.2 Å². The van der Waals surface area contributed by atoms with Crippen LogP contribution in [0.2, 0.25) is 0 Å². The molecule has 0 saturated carbocycles. The Labute approximate surface area is 221 Å². The molecular formula is C30H42FN5O. The van der Waals surface area contributed by atoms with Crippen molar-refractivity contribution in [1.82, 2.24) is 20.4 Å². The fourth-order valence-corrected chi connectivity index (χ4v) is 4.22. The van der Waals surface area contributed by atoms with Crippen LogP contribution in [0.1, 0.15) is 61.8 Å². The summed E-state index contributed by atoms with van der Waals surface area (Å²) in [4.78, 5) is 12.5. The lowest BCUT2D eigenvalue weighted by Crippen LogP contribution is -2.54. The minimum atomic E-state index is -0.570. The maximum Gasteiger partial charge on any atom is 0.220 e. The fourth-order valence-electron chi connectivity index (χ4n) is 4.22. The summed E-state index contributed by atoms with van der Waals surface area (Å²) < 4.78 is 17.1. The second-order valence-corrected chi connectivity index (χ2v) is 11.9. The summed E-state index contributed by atoms with van der Waals surface area (Å²) in [7, 11) is 1.89. The molecule has 200 valence electrons. The van der Waals surface area contributed by atoms with E-state index in [-0.39, 0.29) is 34.5 Å². The number of carbonyl (C=O) groups excluding carboxylic acids is 1. The van der Waals surface area contributed by atoms with E-state index in [4.69, 9.17) is 6.42 Å². The highest BCUT2D eigenvalue weighted by Crippen LogP contribution is 2.26. The van der Waals surface area contributed by atoms with Crippen molar-refractivity contribution < 1.29 is 9.18 Å². The van der Waals surface area contributed by atoms with Crippen LogP contribution in [0.5, 0.6) is 0 Å². The third-order valence-corrected chi connectivity index (χ3v) is 6.04. The van der Waals surface area contributed by atoms with Crippen molar-refractivity contribution in [2.45, 2.75) is 73.9 Å². The minimum absolute atomic E-state index is 0.0404. The van der Waals surface area contributed by atoms with E-state index < -0.39 is 5.83 Å². The number of aryl methyl sites for hydroxylation is 1. The normalized spacial score (nSPS) is 14.9. The molecule has 0 aliphatic carbocycles. The first-order valence-electron chi connectivity index (χ1n) is 12.5. The zero-order chi connectivity index (χ0) is 28.1. The molecule has 0 fully saturated rings. The van der Waals surface area contributed by atoms with Gasteiger partial charge in [0, 0.05) is 41.9 Å². The molecule has 0 aliphatic rings. The number of terminal acetylenes is 1. The Balaban J connectivity index is 2.19. The lowest BCUT2D eigenvalue weighted by molar-refractivity contribution is -0.123. The maximum atomic E-state index is 15.3.